The van der Waals surface area contributed by atoms with E-state index in [2.05, 4.69) is 27.6 Å². The zero-order valence-electron chi connectivity index (χ0n) is 9.10. The third-order valence-electron chi connectivity index (χ3n) is 2.08. The Kier molecular flexibility index (Phi) is 4.32. The molecule has 0 unspecified atom stereocenters. The van der Waals surface area contributed by atoms with Gasteiger partial charge in [0.2, 0.25) is 0 Å². The van der Waals surface area contributed by atoms with Gasteiger partial charge in [0.25, 0.3) is 5.56 Å². The topological polar surface area (TPSA) is 32.9 Å². The number of hydrogen-bond acceptors (Lipinski definition) is 1. The van der Waals surface area contributed by atoms with Gasteiger partial charge in [-0.2, -0.15) is 0 Å². The molecule has 0 aliphatic carbocycles. The average molecular weight is 315 g/mol. The average Bonchev–Trinajstić information content (AvgIpc) is 2.27. The summed E-state index contributed by atoms with van der Waals surface area (Å²) in [6.45, 7) is 6.04. The summed E-state index contributed by atoms with van der Waals surface area (Å²) in [5, 5.41) is 1.79. The molecule has 0 aliphatic heterocycles. The van der Waals surface area contributed by atoms with E-state index in [0.29, 0.717) is 0 Å². The van der Waals surface area contributed by atoms with Crippen LogP contribution < -0.4 is 5.56 Å². The molecule has 0 amide bonds. The van der Waals surface area contributed by atoms with Crippen LogP contribution in [-0.4, -0.2) is 4.98 Å². The zero-order valence-corrected chi connectivity index (χ0v) is 11.3. The number of fused-ring (bicyclic) bond motifs is 1. The fraction of sp³-hybridized carbons (Fsp3) is 0.250. The van der Waals surface area contributed by atoms with E-state index in [1.54, 1.807) is 6.20 Å². The van der Waals surface area contributed by atoms with Gasteiger partial charge in [0.15, 0.2) is 0 Å². The normalized spacial score (nSPS) is 9.60. The first-order chi connectivity index (χ1) is 7.20. The molecule has 0 saturated carbocycles. The van der Waals surface area contributed by atoms with E-state index in [9.17, 15) is 4.79 Å². The number of halogens is 1. The maximum atomic E-state index is 11.4. The van der Waals surface area contributed by atoms with Gasteiger partial charge >= 0.3 is 0 Å². The molecular formula is C12H14INO. The van der Waals surface area contributed by atoms with Crippen molar-refractivity contribution >= 4 is 33.4 Å². The van der Waals surface area contributed by atoms with E-state index in [1.807, 2.05) is 39.0 Å². The zero-order chi connectivity index (χ0) is 11.4. The second-order valence-electron chi connectivity index (χ2n) is 2.96. The van der Waals surface area contributed by atoms with Crippen LogP contribution >= 0.6 is 22.6 Å². The fourth-order valence-corrected chi connectivity index (χ4v) is 1.99. The van der Waals surface area contributed by atoms with Crippen molar-refractivity contribution in [3.63, 3.8) is 0 Å². The van der Waals surface area contributed by atoms with Gasteiger partial charge in [-0.05, 0) is 47.2 Å². The molecule has 0 bridgehead atoms. The van der Waals surface area contributed by atoms with Crippen LogP contribution in [0.5, 0.6) is 0 Å². The second-order valence-corrected chi connectivity index (χ2v) is 4.04. The highest BCUT2D eigenvalue weighted by molar-refractivity contribution is 14.1. The van der Waals surface area contributed by atoms with Gasteiger partial charge in [-0.3, -0.25) is 4.79 Å². The number of benzene rings is 1. The van der Waals surface area contributed by atoms with Crippen molar-refractivity contribution in [3.8, 4) is 0 Å². The van der Waals surface area contributed by atoms with Crippen LogP contribution in [0.4, 0.5) is 0 Å². The minimum Gasteiger partial charge on any atom is -0.329 e. The quantitative estimate of drug-likeness (QED) is 0.742. The van der Waals surface area contributed by atoms with Crippen LogP contribution in [0.25, 0.3) is 10.8 Å². The first-order valence-electron chi connectivity index (χ1n) is 4.96. The SMILES string of the molecule is CC.Cc1ccc2c(=O)[nH]ccc2c1I. The van der Waals surface area contributed by atoms with E-state index < -0.39 is 0 Å². The van der Waals surface area contributed by atoms with Gasteiger partial charge in [0.1, 0.15) is 0 Å². The number of aromatic nitrogens is 1. The Labute approximate surface area is 103 Å². The maximum absolute atomic E-state index is 11.4. The number of aryl methyl sites for hydroxylation is 1. The lowest BCUT2D eigenvalue weighted by Gasteiger charge is -2.02. The first kappa shape index (κ1) is 12.2. The van der Waals surface area contributed by atoms with Crippen molar-refractivity contribution in [3.05, 3.63) is 43.9 Å². The number of nitrogens with one attached hydrogen (secondary N) is 1. The van der Waals surface area contributed by atoms with Crippen LogP contribution in [0.2, 0.25) is 0 Å². The van der Waals surface area contributed by atoms with E-state index >= 15 is 0 Å². The fourth-order valence-electron chi connectivity index (χ4n) is 1.34. The van der Waals surface area contributed by atoms with Crippen molar-refractivity contribution in [1.82, 2.24) is 4.98 Å². The van der Waals surface area contributed by atoms with Crippen LogP contribution in [0, 0.1) is 10.5 Å². The Balaban J connectivity index is 0.000000531. The van der Waals surface area contributed by atoms with Crippen molar-refractivity contribution < 1.29 is 0 Å². The van der Waals surface area contributed by atoms with E-state index in [0.717, 1.165) is 14.3 Å². The minimum atomic E-state index is -0.0181. The molecule has 1 heterocycles. The van der Waals surface area contributed by atoms with Crippen molar-refractivity contribution in [2.24, 2.45) is 0 Å². The molecule has 0 atom stereocenters. The molecule has 0 radical (unpaired) electrons. The first-order valence-corrected chi connectivity index (χ1v) is 6.04. The Morgan fingerprint density at radius 2 is 1.80 bits per heavy atom. The van der Waals surface area contributed by atoms with Gasteiger partial charge in [-0.1, -0.05) is 19.9 Å². The molecule has 80 valence electrons. The molecule has 0 fully saturated rings. The Morgan fingerprint density at radius 1 is 1.13 bits per heavy atom. The number of aromatic amines is 1. The van der Waals surface area contributed by atoms with Crippen molar-refractivity contribution in [1.29, 1.82) is 0 Å². The Bertz CT molecular complexity index is 517. The lowest BCUT2D eigenvalue weighted by atomic mass is 10.1. The summed E-state index contributed by atoms with van der Waals surface area (Å²) in [7, 11) is 0. The summed E-state index contributed by atoms with van der Waals surface area (Å²) in [4.78, 5) is 14.0. The summed E-state index contributed by atoms with van der Waals surface area (Å²) >= 11 is 2.27. The smallest absolute Gasteiger partial charge is 0.255 e. The van der Waals surface area contributed by atoms with Gasteiger partial charge in [0, 0.05) is 20.5 Å². The lowest BCUT2D eigenvalue weighted by molar-refractivity contribution is 1.27. The monoisotopic (exact) mass is 315 g/mol. The molecule has 3 heteroatoms. The molecule has 0 saturated heterocycles. The summed E-state index contributed by atoms with van der Waals surface area (Å²) in [5.41, 5.74) is 1.19. The number of H-pyrrole nitrogens is 1. The number of hydrogen-bond donors (Lipinski definition) is 1. The van der Waals surface area contributed by atoms with E-state index in [-0.39, 0.29) is 5.56 Å². The molecule has 1 N–H and O–H groups in total. The number of pyridine rings is 1. The van der Waals surface area contributed by atoms with Crippen LogP contribution in [0.3, 0.4) is 0 Å². The molecule has 2 rings (SSSR count). The third kappa shape index (κ3) is 2.40. The van der Waals surface area contributed by atoms with E-state index in [1.165, 1.54) is 5.56 Å². The largest absolute Gasteiger partial charge is 0.329 e. The maximum Gasteiger partial charge on any atom is 0.255 e. The summed E-state index contributed by atoms with van der Waals surface area (Å²) < 4.78 is 1.15. The standard InChI is InChI=1S/C10H8INO.C2H6/c1-6-2-3-8-7(9(6)11)4-5-12-10(8)13;1-2/h2-5H,1H3,(H,12,13);1-2H3. The van der Waals surface area contributed by atoms with Crippen LogP contribution in [0.15, 0.2) is 29.2 Å². The molecule has 2 nitrogen and oxygen atoms in total. The molecule has 1 aromatic carbocycles. The lowest BCUT2D eigenvalue weighted by Crippen LogP contribution is -2.05. The van der Waals surface area contributed by atoms with Crippen LogP contribution in [-0.2, 0) is 0 Å². The second kappa shape index (κ2) is 5.30. The van der Waals surface area contributed by atoms with Gasteiger partial charge in [-0.25, -0.2) is 0 Å². The molecule has 2 aromatic rings. The van der Waals surface area contributed by atoms with Gasteiger partial charge in [-0.15, -0.1) is 0 Å². The summed E-state index contributed by atoms with van der Waals surface area (Å²) in [5.74, 6) is 0. The summed E-state index contributed by atoms with van der Waals surface area (Å²) in [6, 6.07) is 5.77. The molecule has 0 aliphatic rings. The molecule has 0 spiro atoms. The molecule has 15 heavy (non-hydrogen) atoms. The van der Waals surface area contributed by atoms with Gasteiger partial charge < -0.3 is 4.98 Å². The number of rotatable bonds is 0. The minimum absolute atomic E-state index is 0.0181. The molecule has 1 aromatic heterocycles. The highest BCUT2D eigenvalue weighted by Crippen LogP contribution is 2.20. The summed E-state index contributed by atoms with van der Waals surface area (Å²) in [6.07, 6.45) is 1.69. The van der Waals surface area contributed by atoms with E-state index in [4.69, 9.17) is 0 Å². The third-order valence-corrected chi connectivity index (χ3v) is 3.51. The van der Waals surface area contributed by atoms with Crippen molar-refractivity contribution in [2.45, 2.75) is 20.8 Å². The highest BCUT2D eigenvalue weighted by atomic mass is 127. The Morgan fingerprint density at radius 3 is 2.47 bits per heavy atom. The van der Waals surface area contributed by atoms with Gasteiger partial charge in [0.05, 0.1) is 0 Å². The van der Waals surface area contributed by atoms with Crippen molar-refractivity contribution in [2.75, 3.05) is 0 Å². The predicted octanol–water partition coefficient (Wildman–Crippen LogP) is 3.47. The Hall–Kier alpha value is -0.840. The predicted molar refractivity (Wildman–Crippen MR) is 73.4 cm³/mol. The van der Waals surface area contributed by atoms with Crippen LogP contribution in [0.1, 0.15) is 19.4 Å². The molecular weight excluding hydrogens is 301 g/mol. The highest BCUT2D eigenvalue weighted by Gasteiger charge is 2.02.